The maximum Gasteiger partial charge on any atom is 0.315 e. The zero-order valence-electron chi connectivity index (χ0n) is 8.43. The van der Waals surface area contributed by atoms with Crippen molar-refractivity contribution in [2.45, 2.75) is 32.2 Å². The van der Waals surface area contributed by atoms with Crippen LogP contribution in [0.3, 0.4) is 0 Å². The molecule has 0 aliphatic carbocycles. The highest BCUT2D eigenvalue weighted by Crippen LogP contribution is 2.01. The molecule has 1 aliphatic rings. The van der Waals surface area contributed by atoms with Gasteiger partial charge in [0.15, 0.2) is 0 Å². The van der Waals surface area contributed by atoms with Gasteiger partial charge in [-0.2, -0.15) is 0 Å². The van der Waals surface area contributed by atoms with E-state index in [0.717, 1.165) is 12.8 Å². The molecule has 5 nitrogen and oxygen atoms in total. The fraction of sp³-hybridized carbons (Fsp3) is 0.778. The quantitative estimate of drug-likeness (QED) is 0.597. The maximum atomic E-state index is 11.2. The molecule has 5 heteroatoms. The Kier molecular flexibility index (Phi) is 4.22. The SMILES string of the molecule is CCCNC(=O)NC1CCC(=O)NC1. The largest absolute Gasteiger partial charge is 0.354 e. The van der Waals surface area contributed by atoms with Crippen molar-refractivity contribution in [3.63, 3.8) is 0 Å². The number of nitrogens with one attached hydrogen (secondary N) is 3. The van der Waals surface area contributed by atoms with E-state index in [2.05, 4.69) is 16.0 Å². The second-order valence-electron chi connectivity index (χ2n) is 3.44. The van der Waals surface area contributed by atoms with Crippen LogP contribution in [0, 0.1) is 0 Å². The zero-order chi connectivity index (χ0) is 10.4. The van der Waals surface area contributed by atoms with Crippen LogP contribution in [-0.4, -0.2) is 31.1 Å². The number of carbonyl (C=O) groups excluding carboxylic acids is 2. The lowest BCUT2D eigenvalue weighted by atomic mass is 10.1. The standard InChI is InChI=1S/C9H17N3O2/c1-2-5-10-9(14)12-7-3-4-8(13)11-6-7/h7H,2-6H2,1H3,(H,11,13)(H2,10,12,14). The molecule has 3 amide bonds. The predicted octanol–water partition coefficient (Wildman–Crippen LogP) is -0.0258. The van der Waals surface area contributed by atoms with Gasteiger partial charge >= 0.3 is 6.03 Å². The van der Waals surface area contributed by atoms with E-state index in [0.29, 0.717) is 19.5 Å². The molecule has 0 aromatic heterocycles. The number of hydrogen-bond acceptors (Lipinski definition) is 2. The topological polar surface area (TPSA) is 70.2 Å². The first-order valence-corrected chi connectivity index (χ1v) is 5.03. The van der Waals surface area contributed by atoms with E-state index in [-0.39, 0.29) is 18.0 Å². The maximum absolute atomic E-state index is 11.2. The van der Waals surface area contributed by atoms with Crippen molar-refractivity contribution in [2.24, 2.45) is 0 Å². The van der Waals surface area contributed by atoms with Crippen LogP contribution in [0.2, 0.25) is 0 Å². The van der Waals surface area contributed by atoms with E-state index in [4.69, 9.17) is 0 Å². The van der Waals surface area contributed by atoms with Crippen molar-refractivity contribution in [2.75, 3.05) is 13.1 Å². The predicted molar refractivity (Wildman–Crippen MR) is 52.9 cm³/mol. The van der Waals surface area contributed by atoms with Crippen LogP contribution in [0.4, 0.5) is 4.79 Å². The van der Waals surface area contributed by atoms with E-state index in [1.807, 2.05) is 6.92 Å². The molecule has 0 bridgehead atoms. The van der Waals surface area contributed by atoms with Crippen LogP contribution in [0.1, 0.15) is 26.2 Å². The molecule has 1 unspecified atom stereocenters. The molecule has 0 aromatic rings. The van der Waals surface area contributed by atoms with Gasteiger partial charge in [-0.15, -0.1) is 0 Å². The Bertz CT molecular complexity index is 208. The summed E-state index contributed by atoms with van der Waals surface area (Å²) in [6.45, 7) is 3.23. The Morgan fingerprint density at radius 3 is 3.00 bits per heavy atom. The van der Waals surface area contributed by atoms with Gasteiger partial charge in [0.1, 0.15) is 0 Å². The smallest absolute Gasteiger partial charge is 0.315 e. The third-order valence-corrected chi connectivity index (χ3v) is 2.14. The Balaban J connectivity index is 2.17. The van der Waals surface area contributed by atoms with E-state index < -0.39 is 0 Å². The van der Waals surface area contributed by atoms with Crippen molar-refractivity contribution >= 4 is 11.9 Å². The normalized spacial score (nSPS) is 21.2. The molecule has 1 heterocycles. The fourth-order valence-corrected chi connectivity index (χ4v) is 1.33. The first kappa shape index (κ1) is 10.8. The summed E-state index contributed by atoms with van der Waals surface area (Å²) in [4.78, 5) is 22.0. The molecule has 1 rings (SSSR count). The van der Waals surface area contributed by atoms with E-state index >= 15 is 0 Å². The lowest BCUT2D eigenvalue weighted by Gasteiger charge is -2.23. The minimum atomic E-state index is -0.145. The average Bonchev–Trinajstić information content (AvgIpc) is 2.18. The van der Waals surface area contributed by atoms with Crippen LogP contribution in [0.5, 0.6) is 0 Å². The molecule has 0 aromatic carbocycles. The molecule has 1 aliphatic heterocycles. The molecule has 0 saturated carbocycles. The highest BCUT2D eigenvalue weighted by atomic mass is 16.2. The Hall–Kier alpha value is -1.26. The lowest BCUT2D eigenvalue weighted by Crippen LogP contribution is -2.50. The summed E-state index contributed by atoms with van der Waals surface area (Å²) in [6.07, 6.45) is 2.15. The summed E-state index contributed by atoms with van der Waals surface area (Å²) < 4.78 is 0. The number of hydrogen-bond donors (Lipinski definition) is 3. The molecule has 0 radical (unpaired) electrons. The van der Waals surface area contributed by atoms with Gasteiger partial charge in [0.25, 0.3) is 0 Å². The fourth-order valence-electron chi connectivity index (χ4n) is 1.33. The molecular weight excluding hydrogens is 182 g/mol. The molecule has 14 heavy (non-hydrogen) atoms. The van der Waals surface area contributed by atoms with Gasteiger partial charge in [-0.3, -0.25) is 4.79 Å². The van der Waals surface area contributed by atoms with Gasteiger partial charge in [0.2, 0.25) is 5.91 Å². The Labute approximate surface area is 83.6 Å². The summed E-state index contributed by atoms with van der Waals surface area (Å²) >= 11 is 0. The van der Waals surface area contributed by atoms with Gasteiger partial charge in [0.05, 0.1) is 0 Å². The van der Waals surface area contributed by atoms with Crippen LogP contribution in [-0.2, 0) is 4.79 Å². The number of carbonyl (C=O) groups is 2. The van der Waals surface area contributed by atoms with Gasteiger partial charge < -0.3 is 16.0 Å². The molecule has 3 N–H and O–H groups in total. The average molecular weight is 199 g/mol. The Morgan fingerprint density at radius 2 is 2.43 bits per heavy atom. The summed E-state index contributed by atoms with van der Waals surface area (Å²) in [5.41, 5.74) is 0. The number of amides is 3. The van der Waals surface area contributed by atoms with E-state index in [9.17, 15) is 9.59 Å². The zero-order valence-corrected chi connectivity index (χ0v) is 8.43. The minimum absolute atomic E-state index is 0.0667. The van der Waals surface area contributed by atoms with Gasteiger partial charge in [-0.05, 0) is 12.8 Å². The van der Waals surface area contributed by atoms with Gasteiger partial charge in [0, 0.05) is 25.6 Å². The third-order valence-electron chi connectivity index (χ3n) is 2.14. The second-order valence-corrected chi connectivity index (χ2v) is 3.44. The lowest BCUT2D eigenvalue weighted by molar-refractivity contribution is -0.122. The molecule has 1 atom stereocenters. The van der Waals surface area contributed by atoms with E-state index in [1.54, 1.807) is 0 Å². The van der Waals surface area contributed by atoms with Crippen LogP contribution >= 0.6 is 0 Å². The highest BCUT2D eigenvalue weighted by molar-refractivity contribution is 5.78. The number of rotatable bonds is 3. The van der Waals surface area contributed by atoms with Crippen molar-refractivity contribution in [1.82, 2.24) is 16.0 Å². The first-order valence-electron chi connectivity index (χ1n) is 5.03. The number of urea groups is 1. The van der Waals surface area contributed by atoms with Crippen LogP contribution in [0.25, 0.3) is 0 Å². The second kappa shape index (κ2) is 5.47. The van der Waals surface area contributed by atoms with Gasteiger partial charge in [-0.1, -0.05) is 6.92 Å². The molecule has 1 saturated heterocycles. The first-order chi connectivity index (χ1) is 6.72. The molecule has 80 valence electrons. The summed E-state index contributed by atoms with van der Waals surface area (Å²) in [5, 5.41) is 8.25. The summed E-state index contributed by atoms with van der Waals surface area (Å²) in [5.74, 6) is 0.0667. The van der Waals surface area contributed by atoms with Gasteiger partial charge in [-0.25, -0.2) is 4.79 Å². The monoisotopic (exact) mass is 199 g/mol. The van der Waals surface area contributed by atoms with Crippen molar-refractivity contribution in [1.29, 1.82) is 0 Å². The van der Waals surface area contributed by atoms with Crippen molar-refractivity contribution < 1.29 is 9.59 Å². The number of piperidine rings is 1. The Morgan fingerprint density at radius 1 is 1.64 bits per heavy atom. The van der Waals surface area contributed by atoms with Crippen molar-refractivity contribution in [3.8, 4) is 0 Å². The summed E-state index contributed by atoms with van der Waals surface area (Å²) in [7, 11) is 0. The highest BCUT2D eigenvalue weighted by Gasteiger charge is 2.18. The molecule has 0 spiro atoms. The van der Waals surface area contributed by atoms with Crippen LogP contribution < -0.4 is 16.0 Å². The third kappa shape index (κ3) is 3.64. The summed E-state index contributed by atoms with van der Waals surface area (Å²) in [6, 6.07) is -0.0717. The minimum Gasteiger partial charge on any atom is -0.354 e. The molecular formula is C9H17N3O2. The molecule has 1 fully saturated rings. The van der Waals surface area contributed by atoms with Crippen molar-refractivity contribution in [3.05, 3.63) is 0 Å². The van der Waals surface area contributed by atoms with Crippen LogP contribution in [0.15, 0.2) is 0 Å². The van der Waals surface area contributed by atoms with E-state index in [1.165, 1.54) is 0 Å².